The molecule has 0 fully saturated rings. The first kappa shape index (κ1) is 42.8. The summed E-state index contributed by atoms with van der Waals surface area (Å²) in [5.41, 5.74) is 15.5. The zero-order chi connectivity index (χ0) is 37.7. The van der Waals surface area contributed by atoms with E-state index in [0.717, 1.165) is 23.3 Å². The predicted molar refractivity (Wildman–Crippen MR) is 217 cm³/mol. The first-order chi connectivity index (χ1) is 24.8. The van der Waals surface area contributed by atoms with Crippen LogP contribution in [0.3, 0.4) is 0 Å². The Balaban J connectivity index is 0.000000348. The standard InChI is InChI=1S/C32H34O3.C11H8N2O3S.2CH4/c1-31(2,24-8-6-23(22-33)7-9-24)25-10-12-26(13-11-25)32(3,27-14-18-29(34-4)19-15-27)28-16-20-30(35-5)21-17-28;1-17(15,16)10-4-2-3-8-7(10)5-6-9(13-12)11(8)14;;/h6-21,33H,22H2,1-5H3;2-6H,1H3;2*1H4. The third-order valence-electron chi connectivity index (χ3n) is 9.84. The molecule has 1 aliphatic rings. The van der Waals surface area contributed by atoms with Gasteiger partial charge in [0, 0.05) is 34.3 Å². The molecule has 0 radical (unpaired) electrons. The quantitative estimate of drug-likeness (QED) is 0.0911. The maximum atomic E-state index is 11.8. The third-order valence-corrected chi connectivity index (χ3v) is 11.0. The Morgan fingerprint density at radius 2 is 1.09 bits per heavy atom. The maximum Gasteiger partial charge on any atom is 0.362 e. The van der Waals surface area contributed by atoms with Crippen molar-refractivity contribution < 1.29 is 32.6 Å². The van der Waals surface area contributed by atoms with Crippen LogP contribution < -0.4 is 9.47 Å². The van der Waals surface area contributed by atoms with Crippen LogP contribution in [0.15, 0.2) is 126 Å². The molecule has 0 unspecified atom stereocenters. The second kappa shape index (κ2) is 17.5. The highest BCUT2D eigenvalue weighted by molar-refractivity contribution is 7.90. The number of rotatable bonds is 9. The third kappa shape index (κ3) is 8.61. The second-order valence-corrected chi connectivity index (χ2v) is 15.3. The van der Waals surface area contributed by atoms with Crippen LogP contribution in [0.4, 0.5) is 0 Å². The molecule has 0 aromatic heterocycles. The van der Waals surface area contributed by atoms with Crippen molar-refractivity contribution in [3.05, 3.63) is 171 Å². The fourth-order valence-corrected chi connectivity index (χ4v) is 7.36. The summed E-state index contributed by atoms with van der Waals surface area (Å²) < 4.78 is 33.9. The summed E-state index contributed by atoms with van der Waals surface area (Å²) in [7, 11) is -0.0178. The zero-order valence-electron chi connectivity index (χ0n) is 30.1. The molecule has 1 aliphatic carbocycles. The number of ether oxygens (including phenoxy) is 2. The average Bonchev–Trinajstić information content (AvgIpc) is 3.17. The Labute approximate surface area is 320 Å². The minimum atomic E-state index is -3.40. The fraction of sp³-hybridized carbons (Fsp3) is 0.244. The van der Waals surface area contributed by atoms with E-state index in [2.05, 4.69) is 86.2 Å². The van der Waals surface area contributed by atoms with E-state index < -0.39 is 15.6 Å². The van der Waals surface area contributed by atoms with Crippen LogP contribution in [0, 0.1) is 0 Å². The molecular formula is C45H50N2O6S. The highest BCUT2D eigenvalue weighted by Gasteiger charge is 2.33. The van der Waals surface area contributed by atoms with Gasteiger partial charge in [-0.05, 0) is 76.7 Å². The molecule has 9 heteroatoms. The number of carbonyl (C=O) groups excluding carboxylic acids is 1. The van der Waals surface area contributed by atoms with E-state index in [1.807, 2.05) is 36.4 Å². The Bertz CT molecular complexity index is 2200. The molecule has 8 nitrogen and oxygen atoms in total. The molecule has 0 bridgehead atoms. The lowest BCUT2D eigenvalue weighted by Crippen LogP contribution is -2.26. The molecule has 5 aromatic carbocycles. The summed E-state index contributed by atoms with van der Waals surface area (Å²) in [4.78, 5) is 14.7. The van der Waals surface area contributed by atoms with Crippen molar-refractivity contribution in [2.75, 3.05) is 20.5 Å². The number of nitrogens with zero attached hydrogens (tertiary/aromatic N) is 2. The van der Waals surface area contributed by atoms with Gasteiger partial charge in [-0.1, -0.05) is 114 Å². The number of sulfone groups is 1. The summed E-state index contributed by atoms with van der Waals surface area (Å²) in [5, 5.41) is 9.39. The topological polar surface area (TPSA) is 126 Å². The molecule has 0 atom stereocenters. The van der Waals surface area contributed by atoms with Crippen LogP contribution in [-0.4, -0.2) is 50.3 Å². The predicted octanol–water partition coefficient (Wildman–Crippen LogP) is 9.12. The van der Waals surface area contributed by atoms with Crippen molar-refractivity contribution in [1.82, 2.24) is 0 Å². The Morgan fingerprint density at radius 3 is 1.50 bits per heavy atom. The van der Waals surface area contributed by atoms with Crippen molar-refractivity contribution in [3.8, 4) is 11.5 Å². The van der Waals surface area contributed by atoms with Crippen molar-refractivity contribution >= 4 is 27.4 Å². The number of ketones is 1. The Morgan fingerprint density at radius 1 is 0.667 bits per heavy atom. The van der Waals surface area contributed by atoms with Gasteiger partial charge < -0.3 is 20.1 Å². The second-order valence-electron chi connectivity index (χ2n) is 13.3. The molecule has 0 saturated carbocycles. The van der Waals surface area contributed by atoms with E-state index in [9.17, 15) is 18.3 Å². The lowest BCUT2D eigenvalue weighted by atomic mass is 9.70. The first-order valence-electron chi connectivity index (χ1n) is 16.7. The molecule has 1 N–H and O–H groups in total. The van der Waals surface area contributed by atoms with Gasteiger partial charge in [-0.2, -0.15) is 4.79 Å². The van der Waals surface area contributed by atoms with Crippen LogP contribution >= 0.6 is 0 Å². The number of carbonyl (C=O) groups is 1. The molecule has 0 saturated heterocycles. The normalized spacial score (nSPS) is 12.2. The maximum absolute atomic E-state index is 11.8. The van der Waals surface area contributed by atoms with Gasteiger partial charge in [0.2, 0.25) is 0 Å². The van der Waals surface area contributed by atoms with Gasteiger partial charge in [-0.3, -0.25) is 4.79 Å². The number of benzene rings is 5. The molecule has 282 valence electrons. The van der Waals surface area contributed by atoms with E-state index in [1.54, 1.807) is 14.2 Å². The Kier molecular flexibility index (Phi) is 13.9. The van der Waals surface area contributed by atoms with Gasteiger partial charge in [0.15, 0.2) is 9.84 Å². The van der Waals surface area contributed by atoms with E-state index in [0.29, 0.717) is 5.56 Å². The number of fused-ring (bicyclic) bond motifs is 1. The number of hydrogen-bond donors (Lipinski definition) is 1. The number of hydrogen-bond acceptors (Lipinski definition) is 6. The lowest BCUT2D eigenvalue weighted by molar-refractivity contribution is -0.00436. The molecule has 54 heavy (non-hydrogen) atoms. The number of aliphatic hydroxyl groups is 1. The summed E-state index contributed by atoms with van der Waals surface area (Å²) in [6.45, 7) is 6.80. The molecule has 0 aliphatic heterocycles. The molecule has 5 aromatic rings. The van der Waals surface area contributed by atoms with Crippen LogP contribution in [-0.2, 0) is 27.3 Å². The van der Waals surface area contributed by atoms with Crippen LogP contribution in [0.5, 0.6) is 11.5 Å². The number of aliphatic hydroxyl groups excluding tert-OH is 1. The van der Waals surface area contributed by atoms with Crippen molar-refractivity contribution in [1.29, 1.82) is 0 Å². The SMILES string of the molecule is C.C.COc1ccc(C(C)(c2ccc(OC)cc2)c2ccc(C(C)(C)c3ccc(CO)cc3)cc2)cc1.CS(=O)(=O)c1cccc2c1C=CC(=[N+]=[N-])C2=O. The molecule has 6 rings (SSSR count). The highest BCUT2D eigenvalue weighted by atomic mass is 32.2. The van der Waals surface area contributed by atoms with Gasteiger partial charge in [-0.25, -0.2) is 8.42 Å². The largest absolute Gasteiger partial charge is 0.497 e. The molecule has 0 amide bonds. The summed E-state index contributed by atoms with van der Waals surface area (Å²) in [6.07, 6.45) is 3.83. The van der Waals surface area contributed by atoms with E-state index >= 15 is 0 Å². The van der Waals surface area contributed by atoms with Crippen LogP contribution in [0.2, 0.25) is 0 Å². The van der Waals surface area contributed by atoms with Crippen LogP contribution in [0.1, 0.15) is 84.9 Å². The van der Waals surface area contributed by atoms with Crippen molar-refractivity contribution in [3.63, 3.8) is 0 Å². The van der Waals surface area contributed by atoms with Gasteiger partial charge >= 0.3 is 5.71 Å². The Hall–Kier alpha value is -5.60. The minimum Gasteiger partial charge on any atom is -0.497 e. The summed E-state index contributed by atoms with van der Waals surface area (Å²) in [6, 6.07) is 38.2. The fourth-order valence-electron chi connectivity index (χ4n) is 6.45. The highest BCUT2D eigenvalue weighted by Crippen LogP contribution is 2.41. The number of methoxy groups -OCH3 is 2. The van der Waals surface area contributed by atoms with Gasteiger partial charge in [-0.15, -0.1) is 0 Å². The molecule has 0 spiro atoms. The monoisotopic (exact) mass is 746 g/mol. The van der Waals surface area contributed by atoms with E-state index in [4.69, 9.17) is 15.0 Å². The zero-order valence-corrected chi connectivity index (χ0v) is 30.9. The van der Waals surface area contributed by atoms with Crippen molar-refractivity contribution in [2.45, 2.75) is 58.0 Å². The molecular weight excluding hydrogens is 697 g/mol. The average molecular weight is 747 g/mol. The van der Waals surface area contributed by atoms with Gasteiger partial charge in [0.25, 0.3) is 5.78 Å². The van der Waals surface area contributed by atoms with Gasteiger partial charge in [0.1, 0.15) is 11.5 Å². The van der Waals surface area contributed by atoms with E-state index in [1.165, 1.54) is 58.2 Å². The minimum absolute atomic E-state index is 0. The lowest BCUT2D eigenvalue weighted by Gasteiger charge is -2.33. The molecule has 0 heterocycles. The van der Waals surface area contributed by atoms with Crippen molar-refractivity contribution in [2.24, 2.45) is 0 Å². The van der Waals surface area contributed by atoms with E-state index in [-0.39, 0.29) is 48.5 Å². The van der Waals surface area contributed by atoms with Crippen LogP contribution in [0.25, 0.3) is 11.6 Å². The smallest absolute Gasteiger partial charge is 0.362 e. The number of Topliss-reactive ketones (excluding diaryl/α,β-unsaturated/α-hetero) is 1. The summed E-state index contributed by atoms with van der Waals surface area (Å²) in [5.74, 6) is 1.20. The summed E-state index contributed by atoms with van der Waals surface area (Å²) >= 11 is 0. The van der Waals surface area contributed by atoms with Gasteiger partial charge in [0.05, 0.1) is 25.7 Å². The first-order valence-corrected chi connectivity index (χ1v) is 18.5. The number of allylic oxidation sites excluding steroid dienone is 1.